The van der Waals surface area contributed by atoms with Gasteiger partial charge in [0.05, 0.1) is 0 Å². The van der Waals surface area contributed by atoms with Crippen molar-refractivity contribution in [1.82, 2.24) is 4.98 Å². The van der Waals surface area contributed by atoms with Gasteiger partial charge in [-0.15, -0.1) is 0 Å². The van der Waals surface area contributed by atoms with Gasteiger partial charge in [0.1, 0.15) is 0 Å². The van der Waals surface area contributed by atoms with Crippen LogP contribution in [0.2, 0.25) is 0 Å². The molecule has 0 bridgehead atoms. The van der Waals surface area contributed by atoms with Gasteiger partial charge in [-0.05, 0) is 0 Å². The Labute approximate surface area is 165 Å². The molecule has 0 saturated heterocycles. The van der Waals surface area contributed by atoms with Gasteiger partial charge in [0.15, 0.2) is 0 Å². The molecule has 0 radical (unpaired) electrons. The zero-order valence-corrected chi connectivity index (χ0v) is 16.7. The summed E-state index contributed by atoms with van der Waals surface area (Å²) in [5.41, 5.74) is -0.688. The summed E-state index contributed by atoms with van der Waals surface area (Å²) >= 11 is -0.460. The summed E-state index contributed by atoms with van der Waals surface area (Å²) in [4.78, 5) is 28.8. The Morgan fingerprint density at radius 2 is 1.71 bits per heavy atom. The van der Waals surface area contributed by atoms with E-state index in [2.05, 4.69) is 4.98 Å². The predicted molar refractivity (Wildman–Crippen MR) is 94.6 cm³/mol. The molecule has 148 valence electrons. The van der Waals surface area contributed by atoms with Crippen LogP contribution >= 0.6 is 0 Å². The van der Waals surface area contributed by atoms with Crippen LogP contribution in [0.4, 0.5) is 13.2 Å². The van der Waals surface area contributed by atoms with E-state index in [0.717, 1.165) is 23.3 Å². The molecular formula is C19H16F3NO4Se. The van der Waals surface area contributed by atoms with E-state index in [9.17, 15) is 22.8 Å². The first kappa shape index (κ1) is 20.4. The molecule has 0 saturated carbocycles. The third kappa shape index (κ3) is 3.77. The van der Waals surface area contributed by atoms with Crippen molar-refractivity contribution >= 4 is 35.9 Å². The van der Waals surface area contributed by atoms with Crippen LogP contribution in [0.3, 0.4) is 0 Å². The predicted octanol–water partition coefficient (Wildman–Crippen LogP) is 1.19. The van der Waals surface area contributed by atoms with Crippen LogP contribution in [0.15, 0.2) is 36.5 Å². The van der Waals surface area contributed by atoms with E-state index >= 15 is 0 Å². The first-order chi connectivity index (χ1) is 13.2. The molecule has 1 aromatic heterocycles. The van der Waals surface area contributed by atoms with E-state index in [1.807, 2.05) is 0 Å². The second-order valence-electron chi connectivity index (χ2n) is 6.34. The monoisotopic (exact) mass is 459 g/mol. The Morgan fingerprint density at radius 3 is 2.32 bits per heavy atom. The number of carbonyl (C=O) groups is 2. The standard InChI is InChI=1S/C19H16F3NO4Se/c1-26-16(24)18(17(25)27-2)8-11-6-15(23-10-12(11)9-18)28-14-5-3-4-13(7-14)19(20,21)22/h3-7,10H,8-9H2,1-2H3. The van der Waals surface area contributed by atoms with Crippen LogP contribution in [-0.2, 0) is 38.1 Å². The van der Waals surface area contributed by atoms with Gasteiger partial charge in [-0.2, -0.15) is 0 Å². The van der Waals surface area contributed by atoms with E-state index in [1.54, 1.807) is 18.3 Å². The second kappa shape index (κ2) is 7.56. The fraction of sp³-hybridized carbons (Fsp3) is 0.316. The van der Waals surface area contributed by atoms with Crippen LogP contribution in [0.1, 0.15) is 16.7 Å². The molecule has 0 unspecified atom stereocenters. The normalized spacial score (nSPS) is 15.0. The third-order valence-electron chi connectivity index (χ3n) is 4.58. The summed E-state index contributed by atoms with van der Waals surface area (Å²) in [7, 11) is 2.41. The number of methoxy groups -OCH3 is 2. The van der Waals surface area contributed by atoms with Gasteiger partial charge in [0.25, 0.3) is 0 Å². The van der Waals surface area contributed by atoms with Gasteiger partial charge in [-0.25, -0.2) is 0 Å². The average molecular weight is 458 g/mol. The van der Waals surface area contributed by atoms with Gasteiger partial charge in [-0.3, -0.25) is 0 Å². The summed E-state index contributed by atoms with van der Waals surface area (Å²) in [6.45, 7) is 0. The zero-order chi connectivity index (χ0) is 20.5. The number of nitrogens with zero attached hydrogens (tertiary/aromatic N) is 1. The van der Waals surface area contributed by atoms with E-state index in [4.69, 9.17) is 9.47 Å². The van der Waals surface area contributed by atoms with Crippen LogP contribution < -0.4 is 9.05 Å². The fourth-order valence-corrected chi connectivity index (χ4v) is 5.06. The summed E-state index contributed by atoms with van der Waals surface area (Å²) in [6.07, 6.45) is -2.62. The van der Waals surface area contributed by atoms with Gasteiger partial charge in [0.2, 0.25) is 0 Å². The summed E-state index contributed by atoms with van der Waals surface area (Å²) in [5, 5.41) is 0. The first-order valence-electron chi connectivity index (χ1n) is 8.19. The SMILES string of the molecule is COC(=O)C1(C(=O)OC)Cc2cnc([Se]c3cccc(C(F)(F)F)c3)cc2C1. The number of esters is 2. The molecule has 5 nitrogen and oxygen atoms in total. The number of pyridine rings is 1. The zero-order valence-electron chi connectivity index (χ0n) is 15.0. The Balaban J connectivity index is 1.87. The number of hydrogen-bond acceptors (Lipinski definition) is 5. The van der Waals surface area contributed by atoms with Gasteiger partial charge >= 0.3 is 165 Å². The Kier molecular flexibility index (Phi) is 5.50. The molecule has 0 amide bonds. The Bertz CT molecular complexity index is 914. The molecule has 1 heterocycles. The van der Waals surface area contributed by atoms with Crippen molar-refractivity contribution in [2.24, 2.45) is 5.41 Å². The minimum absolute atomic E-state index is 0.107. The van der Waals surface area contributed by atoms with Crippen molar-refractivity contribution in [2.45, 2.75) is 19.0 Å². The summed E-state index contributed by atoms with van der Waals surface area (Å²) < 4.78 is 49.4. The molecule has 0 N–H and O–H groups in total. The summed E-state index contributed by atoms with van der Waals surface area (Å²) in [6, 6.07) is 6.87. The molecule has 9 heteroatoms. The van der Waals surface area contributed by atoms with Crippen LogP contribution in [-0.4, -0.2) is 46.1 Å². The second-order valence-corrected chi connectivity index (χ2v) is 8.63. The van der Waals surface area contributed by atoms with Gasteiger partial charge in [-0.1, -0.05) is 0 Å². The minimum atomic E-state index is -4.40. The fourth-order valence-electron chi connectivity index (χ4n) is 3.22. The summed E-state index contributed by atoms with van der Waals surface area (Å²) in [5.74, 6) is -1.36. The Morgan fingerprint density at radius 1 is 1.07 bits per heavy atom. The molecule has 1 aromatic carbocycles. The molecule has 2 aromatic rings. The van der Waals surface area contributed by atoms with Crippen molar-refractivity contribution < 1.29 is 32.2 Å². The molecule has 0 spiro atoms. The van der Waals surface area contributed by atoms with Crippen LogP contribution in [0.5, 0.6) is 0 Å². The molecule has 0 atom stereocenters. The number of aromatic nitrogens is 1. The molecule has 28 heavy (non-hydrogen) atoms. The molecule has 0 aliphatic heterocycles. The number of fused-ring (bicyclic) bond motifs is 1. The molecule has 0 fully saturated rings. The number of carbonyl (C=O) groups excluding carboxylic acids is 2. The van der Waals surface area contributed by atoms with E-state index in [0.29, 0.717) is 9.05 Å². The number of hydrogen-bond donors (Lipinski definition) is 0. The number of rotatable bonds is 4. The van der Waals surface area contributed by atoms with E-state index in [-0.39, 0.29) is 12.8 Å². The van der Waals surface area contributed by atoms with Gasteiger partial charge < -0.3 is 0 Å². The number of halogens is 3. The molecular weight excluding hydrogens is 442 g/mol. The molecule has 3 rings (SSSR count). The first-order valence-corrected chi connectivity index (χ1v) is 9.90. The average Bonchev–Trinajstić information content (AvgIpc) is 3.06. The van der Waals surface area contributed by atoms with E-state index < -0.39 is 44.1 Å². The number of ether oxygens (including phenoxy) is 2. The number of alkyl halides is 3. The maximum atomic E-state index is 12.9. The Hall–Kier alpha value is -2.38. The van der Waals surface area contributed by atoms with Crippen molar-refractivity contribution in [2.75, 3.05) is 14.2 Å². The molecule has 1 aliphatic rings. The van der Waals surface area contributed by atoms with Crippen LogP contribution in [0, 0.1) is 5.41 Å². The van der Waals surface area contributed by atoms with Crippen molar-refractivity contribution in [3.63, 3.8) is 0 Å². The van der Waals surface area contributed by atoms with E-state index in [1.165, 1.54) is 20.3 Å². The van der Waals surface area contributed by atoms with Crippen molar-refractivity contribution in [3.8, 4) is 0 Å². The quantitative estimate of drug-likeness (QED) is 0.392. The maximum absolute atomic E-state index is 12.9. The van der Waals surface area contributed by atoms with Crippen molar-refractivity contribution in [1.29, 1.82) is 0 Å². The third-order valence-corrected chi connectivity index (χ3v) is 6.51. The van der Waals surface area contributed by atoms with Crippen LogP contribution in [0.25, 0.3) is 0 Å². The topological polar surface area (TPSA) is 65.5 Å². The molecule has 1 aliphatic carbocycles. The van der Waals surface area contributed by atoms with Gasteiger partial charge in [0, 0.05) is 0 Å². The van der Waals surface area contributed by atoms with Crippen molar-refractivity contribution in [3.05, 3.63) is 53.2 Å². The number of benzene rings is 1.